The quantitative estimate of drug-likeness (QED) is 0.699. The Hall–Kier alpha value is -0.290. The summed E-state index contributed by atoms with van der Waals surface area (Å²) in [6.45, 7) is 4.52. The Morgan fingerprint density at radius 2 is 2.06 bits per heavy atom. The Morgan fingerprint density at radius 1 is 1.50 bits per heavy atom. The van der Waals surface area contributed by atoms with Crippen LogP contribution in [0.4, 0.5) is 0 Å². The van der Waals surface area contributed by atoms with Gasteiger partial charge in [0.1, 0.15) is 5.25 Å². The Morgan fingerprint density at radius 3 is 2.50 bits per heavy atom. The summed E-state index contributed by atoms with van der Waals surface area (Å²) in [5, 5.41) is -1.05. The second-order valence-electron chi connectivity index (χ2n) is 4.54. The lowest BCUT2D eigenvalue weighted by molar-refractivity contribution is -0.131. The molecule has 1 amide bonds. The summed E-state index contributed by atoms with van der Waals surface area (Å²) >= 11 is 6.08. The number of likely N-dealkylation sites (tertiary alicyclic amines) is 1. The molecule has 0 aromatic carbocycles. The van der Waals surface area contributed by atoms with Crippen LogP contribution in [0.1, 0.15) is 20.3 Å². The molecule has 0 saturated carbocycles. The van der Waals surface area contributed by atoms with Gasteiger partial charge < -0.3 is 4.90 Å². The van der Waals surface area contributed by atoms with Gasteiger partial charge in [-0.3, -0.25) is 4.79 Å². The smallest absolute Gasteiger partial charge is 0.240 e. The summed E-state index contributed by atoms with van der Waals surface area (Å²) in [5.74, 6) is 0.0410. The SMILES string of the molecule is CC1CCN(C(=O)C(C)S(C)(=O)=O)CC1Cl. The van der Waals surface area contributed by atoms with Gasteiger partial charge >= 0.3 is 0 Å². The molecular formula is C10H18ClNO3S. The van der Waals surface area contributed by atoms with E-state index in [-0.39, 0.29) is 11.3 Å². The van der Waals surface area contributed by atoms with Crippen molar-refractivity contribution in [1.29, 1.82) is 0 Å². The van der Waals surface area contributed by atoms with Crippen molar-refractivity contribution in [3.8, 4) is 0 Å². The molecule has 16 heavy (non-hydrogen) atoms. The molecule has 1 aliphatic rings. The molecule has 0 aromatic rings. The molecule has 3 unspecified atom stereocenters. The number of hydrogen-bond donors (Lipinski definition) is 0. The maximum Gasteiger partial charge on any atom is 0.240 e. The maximum atomic E-state index is 11.9. The van der Waals surface area contributed by atoms with Crippen LogP contribution < -0.4 is 0 Å². The van der Waals surface area contributed by atoms with Gasteiger partial charge in [-0.15, -0.1) is 11.6 Å². The van der Waals surface area contributed by atoms with Crippen molar-refractivity contribution >= 4 is 27.3 Å². The summed E-state index contributed by atoms with van der Waals surface area (Å²) in [6, 6.07) is 0. The first-order valence-electron chi connectivity index (χ1n) is 5.35. The average molecular weight is 268 g/mol. The van der Waals surface area contributed by atoms with Crippen LogP contribution >= 0.6 is 11.6 Å². The van der Waals surface area contributed by atoms with E-state index in [0.29, 0.717) is 19.0 Å². The molecule has 0 aromatic heterocycles. The van der Waals surface area contributed by atoms with Gasteiger partial charge in [-0.25, -0.2) is 8.42 Å². The number of piperidine rings is 1. The first-order valence-corrected chi connectivity index (χ1v) is 7.74. The van der Waals surface area contributed by atoms with Crippen molar-refractivity contribution in [3.05, 3.63) is 0 Å². The number of carbonyl (C=O) groups is 1. The molecule has 1 aliphatic heterocycles. The van der Waals surface area contributed by atoms with Crippen molar-refractivity contribution < 1.29 is 13.2 Å². The van der Waals surface area contributed by atoms with E-state index in [1.54, 1.807) is 4.90 Å². The van der Waals surface area contributed by atoms with E-state index >= 15 is 0 Å². The molecule has 1 fully saturated rings. The molecule has 0 aliphatic carbocycles. The van der Waals surface area contributed by atoms with Crippen molar-refractivity contribution in [2.75, 3.05) is 19.3 Å². The Kier molecular flexibility index (Phi) is 4.23. The summed E-state index contributed by atoms with van der Waals surface area (Å²) in [5.41, 5.74) is 0. The number of hydrogen-bond acceptors (Lipinski definition) is 3. The first kappa shape index (κ1) is 13.8. The Balaban J connectivity index is 2.69. The summed E-state index contributed by atoms with van der Waals surface area (Å²) in [7, 11) is -3.32. The monoisotopic (exact) mass is 267 g/mol. The van der Waals surface area contributed by atoms with Crippen LogP contribution in [0, 0.1) is 5.92 Å². The molecule has 94 valence electrons. The average Bonchev–Trinajstić information content (AvgIpc) is 2.18. The molecule has 0 bridgehead atoms. The van der Waals surface area contributed by atoms with Crippen LogP contribution in [0.5, 0.6) is 0 Å². The predicted molar refractivity (Wildman–Crippen MR) is 64.3 cm³/mol. The lowest BCUT2D eigenvalue weighted by Crippen LogP contribution is -2.48. The van der Waals surface area contributed by atoms with Crippen molar-refractivity contribution in [1.82, 2.24) is 4.90 Å². The zero-order valence-corrected chi connectivity index (χ0v) is 11.4. The zero-order chi connectivity index (χ0) is 12.5. The van der Waals surface area contributed by atoms with E-state index in [9.17, 15) is 13.2 Å². The number of rotatable bonds is 2. The lowest BCUT2D eigenvalue weighted by atomic mass is 9.98. The molecule has 1 rings (SSSR count). The van der Waals surface area contributed by atoms with Gasteiger partial charge in [-0.2, -0.15) is 0 Å². The fourth-order valence-electron chi connectivity index (χ4n) is 1.66. The third kappa shape index (κ3) is 3.10. The van der Waals surface area contributed by atoms with E-state index in [1.807, 2.05) is 6.92 Å². The highest BCUT2D eigenvalue weighted by Gasteiger charge is 2.33. The van der Waals surface area contributed by atoms with Crippen molar-refractivity contribution in [3.63, 3.8) is 0 Å². The van der Waals surface area contributed by atoms with Gasteiger partial charge in [-0.05, 0) is 19.3 Å². The number of halogens is 1. The minimum absolute atomic E-state index is 0.0792. The van der Waals surface area contributed by atoms with Crippen molar-refractivity contribution in [2.24, 2.45) is 5.92 Å². The fourth-order valence-corrected chi connectivity index (χ4v) is 2.47. The fraction of sp³-hybridized carbons (Fsp3) is 0.900. The molecule has 1 heterocycles. The number of sulfone groups is 1. The highest BCUT2D eigenvalue weighted by atomic mass is 35.5. The van der Waals surface area contributed by atoms with E-state index in [2.05, 4.69) is 0 Å². The van der Waals surface area contributed by atoms with Gasteiger partial charge in [0.05, 0.1) is 5.38 Å². The van der Waals surface area contributed by atoms with Crippen LogP contribution in [-0.4, -0.2) is 49.2 Å². The highest BCUT2D eigenvalue weighted by molar-refractivity contribution is 7.92. The van der Waals surface area contributed by atoms with Crippen molar-refractivity contribution in [2.45, 2.75) is 30.9 Å². The van der Waals surface area contributed by atoms with Crippen LogP contribution in [0.25, 0.3) is 0 Å². The standard InChI is InChI=1S/C10H18ClNO3S/c1-7-4-5-12(6-9(7)11)10(13)8(2)16(3,14)15/h7-9H,4-6H2,1-3H3. The maximum absolute atomic E-state index is 11.9. The number of nitrogens with zero attached hydrogens (tertiary/aromatic N) is 1. The van der Waals surface area contributed by atoms with Crippen LogP contribution in [0.2, 0.25) is 0 Å². The third-order valence-corrected chi connectivity index (χ3v) is 5.22. The van der Waals surface area contributed by atoms with Gasteiger partial charge in [-0.1, -0.05) is 6.92 Å². The Bertz CT molecular complexity index is 368. The molecule has 0 N–H and O–H groups in total. The minimum Gasteiger partial charge on any atom is -0.340 e. The third-order valence-electron chi connectivity index (χ3n) is 3.17. The molecule has 0 radical (unpaired) electrons. The Labute approximate surface area is 102 Å². The lowest BCUT2D eigenvalue weighted by Gasteiger charge is -2.35. The van der Waals surface area contributed by atoms with E-state index in [1.165, 1.54) is 6.92 Å². The summed E-state index contributed by atoms with van der Waals surface area (Å²) in [6.07, 6.45) is 1.91. The van der Waals surface area contributed by atoms with E-state index in [4.69, 9.17) is 11.6 Å². The van der Waals surface area contributed by atoms with Gasteiger partial charge in [0.15, 0.2) is 9.84 Å². The molecule has 3 atom stereocenters. The van der Waals surface area contributed by atoms with Gasteiger partial charge in [0, 0.05) is 19.3 Å². The number of carbonyl (C=O) groups excluding carboxylic acids is 1. The van der Waals surface area contributed by atoms with Gasteiger partial charge in [0.25, 0.3) is 0 Å². The predicted octanol–water partition coefficient (Wildman–Crippen LogP) is 0.895. The first-order chi connectivity index (χ1) is 7.23. The summed E-state index contributed by atoms with van der Waals surface area (Å²) < 4.78 is 22.6. The second kappa shape index (κ2) is 4.92. The molecule has 1 saturated heterocycles. The highest BCUT2D eigenvalue weighted by Crippen LogP contribution is 2.22. The largest absolute Gasteiger partial charge is 0.340 e. The molecule has 0 spiro atoms. The summed E-state index contributed by atoms with van der Waals surface area (Å²) in [4.78, 5) is 13.4. The number of amides is 1. The second-order valence-corrected chi connectivity index (χ2v) is 7.46. The van der Waals surface area contributed by atoms with Gasteiger partial charge in [0.2, 0.25) is 5.91 Å². The minimum atomic E-state index is -3.32. The van der Waals surface area contributed by atoms with Crippen LogP contribution in [0.3, 0.4) is 0 Å². The number of alkyl halides is 1. The molecule has 6 heteroatoms. The molecular weight excluding hydrogens is 250 g/mol. The van der Waals surface area contributed by atoms with E-state index in [0.717, 1.165) is 12.7 Å². The molecule has 4 nitrogen and oxygen atoms in total. The normalized spacial score (nSPS) is 28.9. The zero-order valence-electron chi connectivity index (χ0n) is 9.81. The van der Waals surface area contributed by atoms with E-state index < -0.39 is 15.1 Å². The van der Waals surface area contributed by atoms with Crippen LogP contribution in [0.15, 0.2) is 0 Å². The topological polar surface area (TPSA) is 54.5 Å². The van der Waals surface area contributed by atoms with Crippen LogP contribution in [-0.2, 0) is 14.6 Å².